The van der Waals surface area contributed by atoms with Crippen molar-refractivity contribution in [2.75, 3.05) is 0 Å². The van der Waals surface area contributed by atoms with Gasteiger partial charge in [0.25, 0.3) is 0 Å². The number of hydrogen-bond acceptors (Lipinski definition) is 2. The summed E-state index contributed by atoms with van der Waals surface area (Å²) in [6.45, 7) is 0.872. The number of nitrogens with zero attached hydrogens (tertiary/aromatic N) is 1. The maximum absolute atomic E-state index is 6.39. The molecule has 1 aliphatic rings. The fourth-order valence-electron chi connectivity index (χ4n) is 2.87. The zero-order chi connectivity index (χ0) is 13.1. The van der Waals surface area contributed by atoms with E-state index in [0.29, 0.717) is 6.04 Å². The number of alkyl halides is 1. The number of rotatable bonds is 3. The van der Waals surface area contributed by atoms with Gasteiger partial charge in [-0.05, 0) is 30.5 Å². The van der Waals surface area contributed by atoms with Crippen LogP contribution in [-0.4, -0.2) is 16.4 Å². The third kappa shape index (κ3) is 2.90. The molecule has 1 aliphatic carbocycles. The molecule has 1 saturated carbocycles. The van der Waals surface area contributed by atoms with Gasteiger partial charge in [-0.1, -0.05) is 31.0 Å². The molecule has 2 unspecified atom stereocenters. The molecule has 0 amide bonds. The van der Waals surface area contributed by atoms with E-state index in [4.69, 9.17) is 11.6 Å². The Bertz CT molecular complexity index is 550. The average molecular weight is 275 g/mol. The first-order valence-electron chi connectivity index (χ1n) is 7.04. The molecular formula is C16H19ClN2. The highest BCUT2D eigenvalue weighted by atomic mass is 35.5. The van der Waals surface area contributed by atoms with Gasteiger partial charge < -0.3 is 5.32 Å². The van der Waals surface area contributed by atoms with Crippen LogP contribution >= 0.6 is 11.6 Å². The first-order valence-corrected chi connectivity index (χ1v) is 7.48. The van der Waals surface area contributed by atoms with Crippen molar-refractivity contribution in [3.63, 3.8) is 0 Å². The van der Waals surface area contributed by atoms with Gasteiger partial charge in [-0.15, -0.1) is 11.6 Å². The molecule has 1 heterocycles. The summed E-state index contributed by atoms with van der Waals surface area (Å²) >= 11 is 6.39. The summed E-state index contributed by atoms with van der Waals surface area (Å²) in [5.41, 5.74) is 2.37. The maximum atomic E-state index is 6.39. The summed E-state index contributed by atoms with van der Waals surface area (Å²) in [7, 11) is 0. The van der Waals surface area contributed by atoms with Gasteiger partial charge in [-0.2, -0.15) is 0 Å². The van der Waals surface area contributed by atoms with Crippen LogP contribution in [0.25, 0.3) is 10.9 Å². The van der Waals surface area contributed by atoms with E-state index in [-0.39, 0.29) is 5.38 Å². The van der Waals surface area contributed by atoms with Gasteiger partial charge in [0.1, 0.15) is 0 Å². The lowest BCUT2D eigenvalue weighted by Gasteiger charge is -2.28. The lowest BCUT2D eigenvalue weighted by Crippen LogP contribution is -2.38. The molecule has 0 spiro atoms. The van der Waals surface area contributed by atoms with Gasteiger partial charge in [0.2, 0.25) is 0 Å². The second-order valence-corrected chi connectivity index (χ2v) is 5.84. The summed E-state index contributed by atoms with van der Waals surface area (Å²) in [5, 5.41) is 5.14. The van der Waals surface area contributed by atoms with Crippen LogP contribution in [0.3, 0.4) is 0 Å². The molecule has 0 aliphatic heterocycles. The lowest BCUT2D eigenvalue weighted by molar-refractivity contribution is 0.379. The predicted octanol–water partition coefficient (Wildman–Crippen LogP) is 3.87. The van der Waals surface area contributed by atoms with E-state index in [9.17, 15) is 0 Å². The topological polar surface area (TPSA) is 24.9 Å². The molecule has 2 nitrogen and oxygen atoms in total. The van der Waals surface area contributed by atoms with Gasteiger partial charge in [-0.3, -0.25) is 4.98 Å². The smallest absolute Gasteiger partial charge is 0.0705 e. The summed E-state index contributed by atoms with van der Waals surface area (Å²) in [5.74, 6) is 0. The number of hydrogen-bond donors (Lipinski definition) is 1. The SMILES string of the molecule is ClC1CCCCC1NCc1ccnc2ccccc12. The number of benzene rings is 1. The molecular weight excluding hydrogens is 256 g/mol. The van der Waals surface area contributed by atoms with Crippen LogP contribution in [0.4, 0.5) is 0 Å². The van der Waals surface area contributed by atoms with Crippen molar-refractivity contribution in [3.8, 4) is 0 Å². The largest absolute Gasteiger partial charge is 0.308 e. The van der Waals surface area contributed by atoms with Crippen LogP contribution in [0, 0.1) is 0 Å². The molecule has 0 radical (unpaired) electrons. The number of aromatic nitrogens is 1. The molecule has 2 atom stereocenters. The maximum Gasteiger partial charge on any atom is 0.0705 e. The van der Waals surface area contributed by atoms with Crippen molar-refractivity contribution in [3.05, 3.63) is 42.1 Å². The third-order valence-corrected chi connectivity index (χ3v) is 4.50. The van der Waals surface area contributed by atoms with Gasteiger partial charge in [0, 0.05) is 29.5 Å². The average Bonchev–Trinajstić information content (AvgIpc) is 2.46. The molecule has 1 fully saturated rings. The number of para-hydroxylation sites is 1. The summed E-state index contributed by atoms with van der Waals surface area (Å²) < 4.78 is 0. The molecule has 1 N–H and O–H groups in total. The Morgan fingerprint density at radius 1 is 1.16 bits per heavy atom. The quantitative estimate of drug-likeness (QED) is 0.860. The predicted molar refractivity (Wildman–Crippen MR) is 80.5 cm³/mol. The fraction of sp³-hybridized carbons (Fsp3) is 0.438. The summed E-state index contributed by atoms with van der Waals surface area (Å²) in [4.78, 5) is 4.40. The highest BCUT2D eigenvalue weighted by Crippen LogP contribution is 2.24. The zero-order valence-electron chi connectivity index (χ0n) is 11.0. The molecule has 0 saturated heterocycles. The standard InChI is InChI=1S/C16H19ClN2/c17-14-6-2-4-8-16(14)19-11-12-9-10-18-15-7-3-1-5-13(12)15/h1,3,5,7,9-10,14,16,19H,2,4,6,8,11H2. The second kappa shape index (κ2) is 5.89. The zero-order valence-corrected chi connectivity index (χ0v) is 11.7. The third-order valence-electron chi connectivity index (χ3n) is 3.98. The first kappa shape index (κ1) is 12.9. The molecule has 2 aromatic rings. The van der Waals surface area contributed by atoms with Gasteiger partial charge in [0.05, 0.1) is 5.52 Å². The van der Waals surface area contributed by atoms with Crippen LogP contribution < -0.4 is 5.32 Å². The van der Waals surface area contributed by atoms with Crippen molar-refractivity contribution < 1.29 is 0 Å². The molecule has 19 heavy (non-hydrogen) atoms. The molecule has 3 heteroatoms. The lowest BCUT2D eigenvalue weighted by atomic mass is 9.94. The van der Waals surface area contributed by atoms with Crippen LogP contribution in [0.15, 0.2) is 36.5 Å². The molecule has 1 aromatic carbocycles. The van der Waals surface area contributed by atoms with Crippen molar-refractivity contribution in [1.29, 1.82) is 0 Å². The van der Waals surface area contributed by atoms with Crippen molar-refractivity contribution in [2.24, 2.45) is 0 Å². The second-order valence-electron chi connectivity index (χ2n) is 5.28. The van der Waals surface area contributed by atoms with Gasteiger partial charge in [0.15, 0.2) is 0 Å². The Morgan fingerprint density at radius 3 is 2.89 bits per heavy atom. The number of pyridine rings is 1. The van der Waals surface area contributed by atoms with E-state index < -0.39 is 0 Å². The monoisotopic (exact) mass is 274 g/mol. The molecule has 1 aromatic heterocycles. The number of fused-ring (bicyclic) bond motifs is 1. The van der Waals surface area contributed by atoms with E-state index >= 15 is 0 Å². The highest BCUT2D eigenvalue weighted by Gasteiger charge is 2.22. The molecule has 3 rings (SSSR count). The van der Waals surface area contributed by atoms with E-state index in [1.54, 1.807) is 0 Å². The number of halogens is 1. The minimum absolute atomic E-state index is 0.279. The van der Waals surface area contributed by atoms with E-state index in [1.165, 1.54) is 30.2 Å². The molecule has 100 valence electrons. The van der Waals surface area contributed by atoms with Crippen molar-refractivity contribution >= 4 is 22.5 Å². The normalized spacial score (nSPS) is 23.6. The molecule has 0 bridgehead atoms. The summed E-state index contributed by atoms with van der Waals surface area (Å²) in [6.07, 6.45) is 6.77. The van der Waals surface area contributed by atoms with Gasteiger partial charge in [-0.25, -0.2) is 0 Å². The van der Waals surface area contributed by atoms with E-state index in [1.807, 2.05) is 12.3 Å². The van der Waals surface area contributed by atoms with Crippen molar-refractivity contribution in [2.45, 2.75) is 43.6 Å². The minimum Gasteiger partial charge on any atom is -0.308 e. The Kier molecular flexibility index (Phi) is 4.00. The Morgan fingerprint density at radius 2 is 2.00 bits per heavy atom. The van der Waals surface area contributed by atoms with Crippen LogP contribution in [-0.2, 0) is 6.54 Å². The Balaban J connectivity index is 1.74. The fourth-order valence-corrected chi connectivity index (χ4v) is 3.24. The summed E-state index contributed by atoms with van der Waals surface area (Å²) in [6, 6.07) is 10.8. The van der Waals surface area contributed by atoms with Gasteiger partial charge >= 0.3 is 0 Å². The Hall–Kier alpha value is -1.12. The van der Waals surface area contributed by atoms with Crippen LogP contribution in [0.1, 0.15) is 31.2 Å². The number of nitrogens with one attached hydrogen (secondary N) is 1. The van der Waals surface area contributed by atoms with E-state index in [0.717, 1.165) is 18.5 Å². The Labute approximate surface area is 119 Å². The van der Waals surface area contributed by atoms with Crippen LogP contribution in [0.5, 0.6) is 0 Å². The van der Waals surface area contributed by atoms with Crippen molar-refractivity contribution in [1.82, 2.24) is 10.3 Å². The van der Waals surface area contributed by atoms with E-state index in [2.05, 4.69) is 34.6 Å². The minimum atomic E-state index is 0.279. The highest BCUT2D eigenvalue weighted by molar-refractivity contribution is 6.21. The van der Waals surface area contributed by atoms with Crippen LogP contribution in [0.2, 0.25) is 0 Å². The first-order chi connectivity index (χ1) is 9.34.